The van der Waals surface area contributed by atoms with Crippen LogP contribution in [0, 0.1) is 12.8 Å². The monoisotopic (exact) mass is 352 g/mol. The van der Waals surface area contributed by atoms with E-state index in [0.717, 1.165) is 11.1 Å². The van der Waals surface area contributed by atoms with Crippen molar-refractivity contribution < 1.29 is 14.3 Å². The van der Waals surface area contributed by atoms with E-state index in [9.17, 15) is 9.59 Å². The van der Waals surface area contributed by atoms with Crippen LogP contribution in [0.1, 0.15) is 30.5 Å². The molecule has 5 heteroatoms. The SMILES string of the molecule is COc1ccccc1N1CC(C(=O)NC(C)c2ccccc2C)CC1=O. The van der Waals surface area contributed by atoms with Crippen molar-refractivity contribution in [1.29, 1.82) is 0 Å². The average Bonchev–Trinajstić information content (AvgIpc) is 3.03. The lowest BCUT2D eigenvalue weighted by molar-refractivity contribution is -0.126. The fraction of sp³-hybridized carbons (Fsp3) is 0.333. The van der Waals surface area contributed by atoms with Gasteiger partial charge < -0.3 is 15.0 Å². The van der Waals surface area contributed by atoms with Gasteiger partial charge in [-0.15, -0.1) is 0 Å². The van der Waals surface area contributed by atoms with E-state index in [0.29, 0.717) is 18.0 Å². The molecule has 1 N–H and O–H groups in total. The third-order valence-electron chi connectivity index (χ3n) is 4.89. The van der Waals surface area contributed by atoms with Crippen LogP contribution >= 0.6 is 0 Å². The van der Waals surface area contributed by atoms with Crippen molar-refractivity contribution in [2.75, 3.05) is 18.6 Å². The minimum Gasteiger partial charge on any atom is -0.495 e. The van der Waals surface area contributed by atoms with Gasteiger partial charge in [0, 0.05) is 13.0 Å². The first-order valence-corrected chi connectivity index (χ1v) is 8.80. The Labute approximate surface area is 154 Å². The molecule has 0 aromatic heterocycles. The van der Waals surface area contributed by atoms with E-state index in [1.165, 1.54) is 0 Å². The maximum atomic E-state index is 12.7. The maximum Gasteiger partial charge on any atom is 0.227 e. The molecule has 1 heterocycles. The topological polar surface area (TPSA) is 58.6 Å². The normalized spacial score (nSPS) is 17.9. The lowest BCUT2D eigenvalue weighted by atomic mass is 10.0. The van der Waals surface area contributed by atoms with Crippen molar-refractivity contribution in [3.8, 4) is 5.75 Å². The van der Waals surface area contributed by atoms with Crippen LogP contribution in [0.4, 0.5) is 5.69 Å². The second-order valence-corrected chi connectivity index (χ2v) is 6.66. The van der Waals surface area contributed by atoms with Gasteiger partial charge in [-0.2, -0.15) is 0 Å². The number of hydrogen-bond donors (Lipinski definition) is 1. The quantitative estimate of drug-likeness (QED) is 0.899. The molecular formula is C21H24N2O3. The molecule has 5 nitrogen and oxygen atoms in total. The Morgan fingerprint density at radius 1 is 1.19 bits per heavy atom. The van der Waals surface area contributed by atoms with Gasteiger partial charge in [0.05, 0.1) is 24.8 Å². The van der Waals surface area contributed by atoms with Crippen molar-refractivity contribution in [1.82, 2.24) is 5.32 Å². The summed E-state index contributed by atoms with van der Waals surface area (Å²) < 4.78 is 5.34. The molecule has 1 saturated heterocycles. The number of amides is 2. The fourth-order valence-electron chi connectivity index (χ4n) is 3.45. The summed E-state index contributed by atoms with van der Waals surface area (Å²) >= 11 is 0. The maximum absolute atomic E-state index is 12.7. The molecule has 1 fully saturated rings. The first kappa shape index (κ1) is 18.0. The lowest BCUT2D eigenvalue weighted by Crippen LogP contribution is -2.34. The minimum atomic E-state index is -0.362. The summed E-state index contributed by atoms with van der Waals surface area (Å²) in [6.07, 6.45) is 0.213. The standard InChI is InChI=1S/C21H24N2O3/c1-14-8-4-5-9-17(14)15(2)22-21(25)16-12-20(24)23(13-16)18-10-6-7-11-19(18)26-3/h4-11,15-16H,12-13H2,1-3H3,(H,22,25). The Morgan fingerprint density at radius 3 is 2.62 bits per heavy atom. The summed E-state index contributed by atoms with van der Waals surface area (Å²) in [6.45, 7) is 4.36. The van der Waals surface area contributed by atoms with Crippen LogP contribution in [0.25, 0.3) is 0 Å². The molecule has 0 saturated carbocycles. The van der Waals surface area contributed by atoms with E-state index in [1.807, 2.05) is 62.4 Å². The number of hydrogen-bond acceptors (Lipinski definition) is 3. The Morgan fingerprint density at radius 2 is 1.88 bits per heavy atom. The van der Waals surface area contributed by atoms with Gasteiger partial charge in [-0.25, -0.2) is 0 Å². The number of anilines is 1. The number of nitrogens with one attached hydrogen (secondary N) is 1. The van der Waals surface area contributed by atoms with Crippen LogP contribution in [0.2, 0.25) is 0 Å². The zero-order chi connectivity index (χ0) is 18.7. The molecule has 2 aromatic carbocycles. The summed E-state index contributed by atoms with van der Waals surface area (Å²) in [5, 5.41) is 3.05. The zero-order valence-electron chi connectivity index (χ0n) is 15.4. The van der Waals surface area contributed by atoms with Gasteiger partial charge in [0.25, 0.3) is 0 Å². The largest absolute Gasteiger partial charge is 0.495 e. The molecular weight excluding hydrogens is 328 g/mol. The van der Waals surface area contributed by atoms with Crippen LogP contribution in [0.5, 0.6) is 5.75 Å². The van der Waals surface area contributed by atoms with E-state index in [4.69, 9.17) is 4.74 Å². The number of rotatable bonds is 5. The molecule has 0 radical (unpaired) electrons. The molecule has 0 aliphatic carbocycles. The molecule has 26 heavy (non-hydrogen) atoms. The third-order valence-corrected chi connectivity index (χ3v) is 4.89. The van der Waals surface area contributed by atoms with Crippen LogP contribution in [0.15, 0.2) is 48.5 Å². The summed E-state index contributed by atoms with van der Waals surface area (Å²) in [5.74, 6) is 0.124. The van der Waals surface area contributed by atoms with Crippen molar-refractivity contribution in [2.24, 2.45) is 5.92 Å². The van der Waals surface area contributed by atoms with Crippen molar-refractivity contribution in [2.45, 2.75) is 26.3 Å². The molecule has 0 bridgehead atoms. The number of para-hydroxylation sites is 2. The van der Waals surface area contributed by atoms with E-state index < -0.39 is 0 Å². The molecule has 2 unspecified atom stereocenters. The highest BCUT2D eigenvalue weighted by molar-refractivity contribution is 6.01. The van der Waals surface area contributed by atoms with E-state index in [1.54, 1.807) is 12.0 Å². The van der Waals surface area contributed by atoms with Gasteiger partial charge >= 0.3 is 0 Å². The van der Waals surface area contributed by atoms with Crippen molar-refractivity contribution in [3.05, 3.63) is 59.7 Å². The smallest absolute Gasteiger partial charge is 0.227 e. The number of methoxy groups -OCH3 is 1. The van der Waals surface area contributed by atoms with Crippen LogP contribution < -0.4 is 15.0 Å². The highest BCUT2D eigenvalue weighted by atomic mass is 16.5. The van der Waals surface area contributed by atoms with Gasteiger partial charge in [0.1, 0.15) is 5.75 Å². The summed E-state index contributed by atoms with van der Waals surface area (Å²) in [4.78, 5) is 26.8. The summed E-state index contributed by atoms with van der Waals surface area (Å²) in [5.41, 5.74) is 2.94. The van der Waals surface area contributed by atoms with Crippen LogP contribution in [-0.2, 0) is 9.59 Å². The zero-order valence-corrected chi connectivity index (χ0v) is 15.4. The number of ether oxygens (including phenoxy) is 1. The fourth-order valence-corrected chi connectivity index (χ4v) is 3.45. The Balaban J connectivity index is 1.70. The predicted octanol–water partition coefficient (Wildman–Crippen LogP) is 3.23. The van der Waals surface area contributed by atoms with Crippen molar-refractivity contribution >= 4 is 17.5 Å². The average molecular weight is 352 g/mol. The molecule has 0 spiro atoms. The second kappa shape index (κ2) is 7.60. The van der Waals surface area contributed by atoms with E-state index >= 15 is 0 Å². The third kappa shape index (κ3) is 3.57. The molecule has 2 atom stereocenters. The van der Waals surface area contributed by atoms with E-state index in [-0.39, 0.29) is 30.2 Å². The van der Waals surface area contributed by atoms with E-state index in [2.05, 4.69) is 5.32 Å². The number of carbonyl (C=O) groups is 2. The first-order chi connectivity index (χ1) is 12.5. The van der Waals surface area contributed by atoms with Gasteiger partial charge in [-0.1, -0.05) is 36.4 Å². The Hall–Kier alpha value is -2.82. The van der Waals surface area contributed by atoms with Crippen LogP contribution in [-0.4, -0.2) is 25.5 Å². The molecule has 1 aliphatic heterocycles. The number of carbonyl (C=O) groups excluding carboxylic acids is 2. The minimum absolute atomic E-state index is 0.0572. The molecule has 3 rings (SSSR count). The Bertz CT molecular complexity index is 818. The number of nitrogens with zero attached hydrogens (tertiary/aromatic N) is 1. The molecule has 2 amide bonds. The second-order valence-electron chi connectivity index (χ2n) is 6.66. The molecule has 2 aromatic rings. The predicted molar refractivity (Wildman–Crippen MR) is 101 cm³/mol. The van der Waals surface area contributed by atoms with Crippen LogP contribution in [0.3, 0.4) is 0 Å². The lowest BCUT2D eigenvalue weighted by Gasteiger charge is -2.21. The van der Waals surface area contributed by atoms with Gasteiger partial charge in [0.2, 0.25) is 11.8 Å². The first-order valence-electron chi connectivity index (χ1n) is 8.80. The van der Waals surface area contributed by atoms with Crippen molar-refractivity contribution in [3.63, 3.8) is 0 Å². The highest BCUT2D eigenvalue weighted by Crippen LogP contribution is 2.33. The summed E-state index contributed by atoms with van der Waals surface area (Å²) in [6, 6.07) is 15.3. The molecule has 1 aliphatic rings. The van der Waals surface area contributed by atoms with Gasteiger partial charge in [-0.05, 0) is 37.1 Å². The summed E-state index contributed by atoms with van der Waals surface area (Å²) in [7, 11) is 1.58. The number of benzene rings is 2. The van der Waals surface area contributed by atoms with Gasteiger partial charge in [-0.3, -0.25) is 9.59 Å². The Kier molecular flexibility index (Phi) is 5.26. The number of aryl methyl sites for hydroxylation is 1. The molecule has 136 valence electrons. The van der Waals surface area contributed by atoms with Gasteiger partial charge in [0.15, 0.2) is 0 Å². The highest BCUT2D eigenvalue weighted by Gasteiger charge is 2.36.